The van der Waals surface area contributed by atoms with Gasteiger partial charge in [0.15, 0.2) is 0 Å². The van der Waals surface area contributed by atoms with Gasteiger partial charge in [-0.2, -0.15) is 0 Å². The van der Waals surface area contributed by atoms with Crippen molar-refractivity contribution < 1.29 is 14.3 Å². The Kier molecular flexibility index (Phi) is 2.84. The fourth-order valence-corrected chi connectivity index (χ4v) is 1.73. The van der Waals surface area contributed by atoms with Gasteiger partial charge in [-0.25, -0.2) is 14.2 Å². The fraction of sp³-hybridized carbons (Fsp3) is 0.385. The lowest BCUT2D eigenvalue weighted by Crippen LogP contribution is -2.17. The Labute approximate surface area is 104 Å². The third kappa shape index (κ3) is 1.96. The van der Waals surface area contributed by atoms with Crippen molar-refractivity contribution in [1.29, 1.82) is 0 Å². The van der Waals surface area contributed by atoms with E-state index in [0.717, 1.165) is 12.5 Å². The van der Waals surface area contributed by atoms with E-state index in [1.165, 1.54) is 6.07 Å². The van der Waals surface area contributed by atoms with Crippen molar-refractivity contribution in [1.82, 2.24) is 9.97 Å². The Bertz CT molecular complexity index is 617. The topological polar surface area (TPSA) is 66.0 Å². The van der Waals surface area contributed by atoms with Gasteiger partial charge in [0.1, 0.15) is 17.2 Å². The molecule has 0 aliphatic rings. The third-order valence-electron chi connectivity index (χ3n) is 3.31. The molecule has 0 amide bonds. The first-order chi connectivity index (χ1) is 8.35. The largest absolute Gasteiger partial charge is 0.478 e. The van der Waals surface area contributed by atoms with Crippen LogP contribution in [-0.2, 0) is 5.41 Å². The average molecular weight is 250 g/mol. The van der Waals surface area contributed by atoms with E-state index >= 15 is 0 Å². The highest BCUT2D eigenvalue weighted by Crippen LogP contribution is 2.28. The van der Waals surface area contributed by atoms with E-state index in [1.807, 2.05) is 20.8 Å². The molecule has 0 spiro atoms. The predicted octanol–water partition coefficient (Wildman–Crippen LogP) is 3.09. The van der Waals surface area contributed by atoms with Crippen molar-refractivity contribution in [3.63, 3.8) is 0 Å². The molecule has 0 saturated carbocycles. The normalized spacial score (nSPS) is 12.0. The molecule has 0 unspecified atom stereocenters. The highest BCUT2D eigenvalue weighted by atomic mass is 19.1. The van der Waals surface area contributed by atoms with Crippen LogP contribution in [0.15, 0.2) is 12.1 Å². The Hall–Kier alpha value is -1.91. The maximum absolute atomic E-state index is 13.3. The Balaban J connectivity index is 2.71. The van der Waals surface area contributed by atoms with Crippen molar-refractivity contribution in [3.8, 4) is 0 Å². The molecule has 1 aromatic heterocycles. The van der Waals surface area contributed by atoms with Crippen molar-refractivity contribution in [2.45, 2.75) is 32.6 Å². The standard InChI is InChI=1S/C13H15FN2O2/c1-4-13(2,3)12-15-9-6-7(14)5-8(11(17)18)10(9)16-12/h5-6H,4H2,1-3H3,(H,15,16)(H,17,18). The molecule has 2 rings (SSSR count). The van der Waals surface area contributed by atoms with E-state index in [1.54, 1.807) is 0 Å². The molecule has 0 aliphatic heterocycles. The number of hydrogen-bond acceptors (Lipinski definition) is 2. The first-order valence-corrected chi connectivity index (χ1v) is 5.78. The molecule has 0 aliphatic carbocycles. The number of nitrogens with one attached hydrogen (secondary N) is 1. The summed E-state index contributed by atoms with van der Waals surface area (Å²) in [6.07, 6.45) is 0.845. The molecule has 1 heterocycles. The lowest BCUT2D eigenvalue weighted by Gasteiger charge is -2.18. The summed E-state index contributed by atoms with van der Waals surface area (Å²) in [6, 6.07) is 2.26. The molecular formula is C13H15FN2O2. The monoisotopic (exact) mass is 250 g/mol. The average Bonchev–Trinajstić information content (AvgIpc) is 2.71. The lowest BCUT2D eigenvalue weighted by molar-refractivity contribution is 0.0698. The molecular weight excluding hydrogens is 235 g/mol. The highest BCUT2D eigenvalue weighted by molar-refractivity contribution is 6.01. The summed E-state index contributed by atoms with van der Waals surface area (Å²) in [4.78, 5) is 18.4. The second kappa shape index (κ2) is 4.08. The maximum atomic E-state index is 13.3. The van der Waals surface area contributed by atoms with Gasteiger partial charge in [0, 0.05) is 5.41 Å². The molecule has 2 aromatic rings. The van der Waals surface area contributed by atoms with Gasteiger partial charge < -0.3 is 10.1 Å². The summed E-state index contributed by atoms with van der Waals surface area (Å²) in [5, 5.41) is 9.06. The Morgan fingerprint density at radius 2 is 2.17 bits per heavy atom. The van der Waals surface area contributed by atoms with Gasteiger partial charge in [-0.1, -0.05) is 20.8 Å². The first kappa shape index (κ1) is 12.5. The molecule has 0 saturated heterocycles. The van der Waals surface area contributed by atoms with E-state index in [2.05, 4.69) is 9.97 Å². The van der Waals surface area contributed by atoms with E-state index in [0.29, 0.717) is 16.9 Å². The van der Waals surface area contributed by atoms with Crippen molar-refractivity contribution >= 4 is 17.0 Å². The van der Waals surface area contributed by atoms with Crippen LogP contribution in [-0.4, -0.2) is 21.0 Å². The number of aromatic nitrogens is 2. The van der Waals surface area contributed by atoms with Crippen LogP contribution in [0.1, 0.15) is 43.4 Å². The van der Waals surface area contributed by atoms with Crippen LogP contribution < -0.4 is 0 Å². The zero-order chi connectivity index (χ0) is 13.5. The lowest BCUT2D eigenvalue weighted by atomic mass is 9.90. The number of benzene rings is 1. The van der Waals surface area contributed by atoms with Gasteiger partial charge in [0.05, 0.1) is 11.1 Å². The molecule has 0 fully saturated rings. The quantitative estimate of drug-likeness (QED) is 0.879. The van der Waals surface area contributed by atoms with Crippen LogP contribution in [0.2, 0.25) is 0 Å². The van der Waals surface area contributed by atoms with E-state index in [4.69, 9.17) is 5.11 Å². The zero-order valence-corrected chi connectivity index (χ0v) is 10.5. The van der Waals surface area contributed by atoms with Gasteiger partial charge in [-0.15, -0.1) is 0 Å². The number of rotatable bonds is 3. The van der Waals surface area contributed by atoms with Gasteiger partial charge in [0.2, 0.25) is 0 Å². The number of hydrogen-bond donors (Lipinski definition) is 2. The van der Waals surface area contributed by atoms with Crippen LogP contribution in [0.25, 0.3) is 11.0 Å². The van der Waals surface area contributed by atoms with Crippen LogP contribution in [0.5, 0.6) is 0 Å². The number of carbonyl (C=O) groups is 1. The molecule has 2 N–H and O–H groups in total. The smallest absolute Gasteiger partial charge is 0.338 e. The number of carboxylic acids is 1. The number of H-pyrrole nitrogens is 1. The maximum Gasteiger partial charge on any atom is 0.338 e. The number of aromatic amines is 1. The zero-order valence-electron chi connectivity index (χ0n) is 10.5. The molecule has 0 atom stereocenters. The van der Waals surface area contributed by atoms with Crippen LogP contribution >= 0.6 is 0 Å². The number of nitrogens with zero attached hydrogens (tertiary/aromatic N) is 1. The van der Waals surface area contributed by atoms with Crippen LogP contribution in [0, 0.1) is 5.82 Å². The first-order valence-electron chi connectivity index (χ1n) is 5.78. The molecule has 0 bridgehead atoms. The number of fused-ring (bicyclic) bond motifs is 1. The second-order valence-corrected chi connectivity index (χ2v) is 4.98. The number of imidazole rings is 1. The minimum absolute atomic E-state index is 0.112. The fourth-order valence-electron chi connectivity index (χ4n) is 1.73. The van der Waals surface area contributed by atoms with E-state index in [-0.39, 0.29) is 11.0 Å². The van der Waals surface area contributed by atoms with E-state index in [9.17, 15) is 9.18 Å². The summed E-state index contributed by atoms with van der Waals surface area (Å²) < 4.78 is 13.3. The molecule has 1 aromatic carbocycles. The minimum Gasteiger partial charge on any atom is -0.478 e. The van der Waals surface area contributed by atoms with Crippen molar-refractivity contribution in [2.24, 2.45) is 0 Å². The Morgan fingerprint density at radius 3 is 2.72 bits per heavy atom. The summed E-state index contributed by atoms with van der Waals surface area (Å²) >= 11 is 0. The predicted molar refractivity (Wildman–Crippen MR) is 66.3 cm³/mol. The summed E-state index contributed by atoms with van der Waals surface area (Å²) in [7, 11) is 0. The molecule has 18 heavy (non-hydrogen) atoms. The summed E-state index contributed by atoms with van der Waals surface area (Å²) in [5.74, 6) is -1.08. The van der Waals surface area contributed by atoms with E-state index < -0.39 is 11.8 Å². The van der Waals surface area contributed by atoms with Crippen LogP contribution in [0.3, 0.4) is 0 Å². The molecule has 4 nitrogen and oxygen atoms in total. The molecule has 5 heteroatoms. The van der Waals surface area contributed by atoms with Gasteiger partial charge in [0.25, 0.3) is 0 Å². The number of aromatic carboxylic acids is 1. The Morgan fingerprint density at radius 1 is 1.50 bits per heavy atom. The third-order valence-corrected chi connectivity index (χ3v) is 3.31. The summed E-state index contributed by atoms with van der Waals surface area (Å²) in [6.45, 7) is 6.02. The van der Waals surface area contributed by atoms with Crippen LogP contribution in [0.4, 0.5) is 4.39 Å². The molecule has 96 valence electrons. The van der Waals surface area contributed by atoms with Crippen molar-refractivity contribution in [2.75, 3.05) is 0 Å². The van der Waals surface area contributed by atoms with Gasteiger partial charge >= 0.3 is 5.97 Å². The molecule has 0 radical (unpaired) electrons. The van der Waals surface area contributed by atoms with Gasteiger partial charge in [-0.05, 0) is 18.6 Å². The summed E-state index contributed by atoms with van der Waals surface area (Å²) in [5.41, 5.74) is 0.411. The number of halogens is 1. The minimum atomic E-state index is -1.17. The number of carboxylic acid groups (broad SMARTS) is 1. The van der Waals surface area contributed by atoms with Crippen molar-refractivity contribution in [3.05, 3.63) is 29.3 Å². The SMILES string of the molecule is CCC(C)(C)c1nc2c(C(=O)O)cc(F)cc2[nH]1. The highest BCUT2D eigenvalue weighted by Gasteiger charge is 2.24. The second-order valence-electron chi connectivity index (χ2n) is 4.98. The van der Waals surface area contributed by atoms with Gasteiger partial charge in [-0.3, -0.25) is 0 Å².